The van der Waals surface area contributed by atoms with Crippen LogP contribution in [0.5, 0.6) is 0 Å². The molecular formula is C13H14ClN3OS. The number of hydrazone groups is 1. The van der Waals surface area contributed by atoms with E-state index in [1.54, 1.807) is 18.0 Å². The molecule has 0 bridgehead atoms. The SMILES string of the molecule is CN(C)C=C1C(=O)NN=C1CSc1ccc(Cl)cc1. The predicted molar refractivity (Wildman–Crippen MR) is 79.5 cm³/mol. The fraction of sp³-hybridized carbons (Fsp3) is 0.231. The van der Waals surface area contributed by atoms with Gasteiger partial charge in [-0.05, 0) is 24.3 Å². The van der Waals surface area contributed by atoms with E-state index >= 15 is 0 Å². The Morgan fingerprint density at radius 1 is 1.37 bits per heavy atom. The fourth-order valence-electron chi connectivity index (χ4n) is 1.55. The molecule has 1 aromatic carbocycles. The van der Waals surface area contributed by atoms with Gasteiger partial charge >= 0.3 is 0 Å². The van der Waals surface area contributed by atoms with Crippen LogP contribution in [0.3, 0.4) is 0 Å². The standard InChI is InChI=1S/C13H14ClN3OS/c1-17(2)7-11-12(15-16-13(11)18)8-19-10-5-3-9(14)4-6-10/h3-7H,8H2,1-2H3,(H,16,18). The van der Waals surface area contributed by atoms with Crippen LogP contribution < -0.4 is 5.43 Å². The Morgan fingerprint density at radius 3 is 2.68 bits per heavy atom. The molecule has 1 aromatic rings. The van der Waals surface area contributed by atoms with Crippen LogP contribution in [0, 0.1) is 0 Å². The van der Waals surface area contributed by atoms with Crippen molar-refractivity contribution in [1.82, 2.24) is 10.3 Å². The van der Waals surface area contributed by atoms with Crippen molar-refractivity contribution in [2.24, 2.45) is 5.10 Å². The zero-order valence-electron chi connectivity index (χ0n) is 10.7. The molecule has 1 heterocycles. The molecule has 1 N–H and O–H groups in total. The minimum absolute atomic E-state index is 0.152. The number of benzene rings is 1. The van der Waals surface area contributed by atoms with E-state index < -0.39 is 0 Å². The maximum Gasteiger partial charge on any atom is 0.274 e. The Morgan fingerprint density at radius 2 is 2.05 bits per heavy atom. The summed E-state index contributed by atoms with van der Waals surface area (Å²) in [6.07, 6.45) is 1.78. The lowest BCUT2D eigenvalue weighted by molar-refractivity contribution is -0.116. The first-order valence-corrected chi connectivity index (χ1v) is 7.06. The maximum atomic E-state index is 11.6. The Balaban J connectivity index is 2.03. The van der Waals surface area contributed by atoms with Crippen LogP contribution in [0.4, 0.5) is 0 Å². The fourth-order valence-corrected chi connectivity index (χ4v) is 2.53. The summed E-state index contributed by atoms with van der Waals surface area (Å²) in [6, 6.07) is 7.60. The molecule has 0 spiro atoms. The van der Waals surface area contributed by atoms with E-state index in [0.29, 0.717) is 16.3 Å². The van der Waals surface area contributed by atoms with Gasteiger partial charge in [0.05, 0.1) is 11.3 Å². The number of amides is 1. The molecule has 0 radical (unpaired) electrons. The van der Waals surface area contributed by atoms with Crippen molar-refractivity contribution in [2.75, 3.05) is 19.8 Å². The van der Waals surface area contributed by atoms with Gasteiger partial charge in [-0.3, -0.25) is 4.79 Å². The molecule has 0 aromatic heterocycles. The zero-order valence-corrected chi connectivity index (χ0v) is 12.3. The smallest absolute Gasteiger partial charge is 0.274 e. The second-order valence-electron chi connectivity index (χ2n) is 4.25. The van der Waals surface area contributed by atoms with Crippen LogP contribution in [0.1, 0.15) is 0 Å². The van der Waals surface area contributed by atoms with Crippen LogP contribution in [0.15, 0.2) is 46.0 Å². The molecule has 1 amide bonds. The lowest BCUT2D eigenvalue weighted by atomic mass is 10.2. The van der Waals surface area contributed by atoms with E-state index in [1.807, 2.05) is 43.3 Å². The summed E-state index contributed by atoms with van der Waals surface area (Å²) in [6.45, 7) is 0. The number of nitrogens with zero attached hydrogens (tertiary/aromatic N) is 2. The van der Waals surface area contributed by atoms with E-state index in [4.69, 9.17) is 11.6 Å². The van der Waals surface area contributed by atoms with Gasteiger partial charge in [-0.1, -0.05) is 11.6 Å². The topological polar surface area (TPSA) is 44.7 Å². The monoisotopic (exact) mass is 295 g/mol. The van der Waals surface area contributed by atoms with Crippen LogP contribution in [-0.4, -0.2) is 36.4 Å². The first-order valence-electron chi connectivity index (χ1n) is 5.70. The third-order valence-corrected chi connectivity index (χ3v) is 3.70. The minimum Gasteiger partial charge on any atom is -0.383 e. The second kappa shape index (κ2) is 6.12. The van der Waals surface area contributed by atoms with E-state index in [-0.39, 0.29) is 5.91 Å². The van der Waals surface area contributed by atoms with Crippen molar-refractivity contribution in [3.8, 4) is 0 Å². The molecule has 100 valence electrons. The predicted octanol–water partition coefficient (Wildman–Crippen LogP) is 2.36. The molecule has 0 atom stereocenters. The van der Waals surface area contributed by atoms with Gasteiger partial charge in [0.2, 0.25) is 0 Å². The van der Waals surface area contributed by atoms with Crippen molar-refractivity contribution in [3.05, 3.63) is 41.1 Å². The number of hydrogen-bond acceptors (Lipinski definition) is 4. The summed E-state index contributed by atoms with van der Waals surface area (Å²) in [5.41, 5.74) is 3.87. The van der Waals surface area contributed by atoms with E-state index in [9.17, 15) is 4.79 Å². The summed E-state index contributed by atoms with van der Waals surface area (Å²) >= 11 is 7.45. The van der Waals surface area contributed by atoms with Gasteiger partial charge < -0.3 is 4.90 Å². The highest BCUT2D eigenvalue weighted by Gasteiger charge is 2.22. The van der Waals surface area contributed by atoms with Crippen LogP contribution in [0.2, 0.25) is 5.02 Å². The third kappa shape index (κ3) is 3.75. The highest BCUT2D eigenvalue weighted by Crippen LogP contribution is 2.22. The lowest BCUT2D eigenvalue weighted by Gasteiger charge is -2.07. The summed E-state index contributed by atoms with van der Waals surface area (Å²) in [7, 11) is 3.76. The molecule has 1 aliphatic heterocycles. The number of halogens is 1. The van der Waals surface area contributed by atoms with Crippen molar-refractivity contribution in [1.29, 1.82) is 0 Å². The molecule has 0 fully saturated rings. The lowest BCUT2D eigenvalue weighted by Crippen LogP contribution is -2.17. The van der Waals surface area contributed by atoms with Crippen LogP contribution in [-0.2, 0) is 4.79 Å². The number of carbonyl (C=O) groups excluding carboxylic acids is 1. The molecule has 0 unspecified atom stereocenters. The van der Waals surface area contributed by atoms with Gasteiger partial charge in [-0.25, -0.2) is 5.43 Å². The van der Waals surface area contributed by atoms with E-state index in [2.05, 4.69) is 10.5 Å². The Bertz CT molecular complexity index is 537. The van der Waals surface area contributed by atoms with E-state index in [0.717, 1.165) is 10.6 Å². The van der Waals surface area contributed by atoms with Crippen molar-refractivity contribution >= 4 is 35.0 Å². The number of carbonyl (C=O) groups is 1. The van der Waals surface area contributed by atoms with Crippen molar-refractivity contribution < 1.29 is 4.79 Å². The van der Waals surface area contributed by atoms with Gasteiger partial charge in [0.15, 0.2) is 0 Å². The van der Waals surface area contributed by atoms with Crippen LogP contribution >= 0.6 is 23.4 Å². The molecule has 4 nitrogen and oxygen atoms in total. The third-order valence-electron chi connectivity index (χ3n) is 2.42. The number of thioether (sulfide) groups is 1. The van der Waals surface area contributed by atoms with E-state index in [1.165, 1.54) is 0 Å². The first kappa shape index (κ1) is 14.0. The van der Waals surface area contributed by atoms with Gasteiger partial charge in [-0.15, -0.1) is 11.8 Å². The molecule has 0 saturated heterocycles. The number of rotatable bonds is 4. The van der Waals surface area contributed by atoms with Gasteiger partial charge in [0.1, 0.15) is 0 Å². The average Bonchev–Trinajstić information content (AvgIpc) is 2.70. The average molecular weight is 296 g/mol. The van der Waals surface area contributed by atoms with Gasteiger partial charge in [0, 0.05) is 36.0 Å². The summed E-state index contributed by atoms with van der Waals surface area (Å²) in [4.78, 5) is 14.6. The Hall–Kier alpha value is -1.46. The largest absolute Gasteiger partial charge is 0.383 e. The quantitative estimate of drug-likeness (QED) is 0.685. The Labute approximate surface area is 121 Å². The first-order chi connectivity index (χ1) is 9.06. The highest BCUT2D eigenvalue weighted by atomic mass is 35.5. The Kier molecular flexibility index (Phi) is 4.50. The van der Waals surface area contributed by atoms with Gasteiger partial charge in [-0.2, -0.15) is 5.10 Å². The summed E-state index contributed by atoms with van der Waals surface area (Å²) in [5, 5.41) is 4.77. The second-order valence-corrected chi connectivity index (χ2v) is 5.73. The molecule has 19 heavy (non-hydrogen) atoms. The molecule has 1 aliphatic rings. The molecule has 6 heteroatoms. The zero-order chi connectivity index (χ0) is 13.8. The van der Waals surface area contributed by atoms with Crippen molar-refractivity contribution in [2.45, 2.75) is 4.90 Å². The molecule has 0 saturated carbocycles. The summed E-state index contributed by atoms with van der Waals surface area (Å²) in [5.74, 6) is 0.487. The number of hydrogen-bond donors (Lipinski definition) is 1. The summed E-state index contributed by atoms with van der Waals surface area (Å²) < 4.78 is 0. The highest BCUT2D eigenvalue weighted by molar-refractivity contribution is 8.00. The maximum absolute atomic E-state index is 11.6. The van der Waals surface area contributed by atoms with Crippen LogP contribution in [0.25, 0.3) is 0 Å². The normalized spacial score (nSPS) is 16.5. The molecule has 2 rings (SSSR count). The van der Waals surface area contributed by atoms with Gasteiger partial charge in [0.25, 0.3) is 5.91 Å². The molecular weight excluding hydrogens is 282 g/mol. The number of nitrogens with one attached hydrogen (secondary N) is 1. The molecule has 0 aliphatic carbocycles. The van der Waals surface area contributed by atoms with Crippen molar-refractivity contribution in [3.63, 3.8) is 0 Å². The minimum atomic E-state index is -0.152.